The summed E-state index contributed by atoms with van der Waals surface area (Å²) in [6, 6.07) is 10.8. The van der Waals surface area contributed by atoms with Crippen molar-refractivity contribution in [2.24, 2.45) is 0 Å². The molecule has 0 aromatic heterocycles. The highest BCUT2D eigenvalue weighted by atomic mass is 16.3. The Labute approximate surface area is 104 Å². The predicted octanol–water partition coefficient (Wildman–Crippen LogP) is 2.36. The van der Waals surface area contributed by atoms with Crippen molar-refractivity contribution in [1.29, 1.82) is 0 Å². The molecule has 0 spiro atoms. The van der Waals surface area contributed by atoms with E-state index in [0.29, 0.717) is 22.7 Å². The van der Waals surface area contributed by atoms with Gasteiger partial charge < -0.3 is 9.32 Å². The summed E-state index contributed by atoms with van der Waals surface area (Å²) in [6.45, 7) is 0. The Morgan fingerprint density at radius 1 is 1.17 bits per heavy atom. The van der Waals surface area contributed by atoms with Gasteiger partial charge in [-0.2, -0.15) is 0 Å². The van der Waals surface area contributed by atoms with Crippen molar-refractivity contribution in [3.05, 3.63) is 46.6 Å². The summed E-state index contributed by atoms with van der Waals surface area (Å²) in [5.74, 6) is 0.518. The van der Waals surface area contributed by atoms with Crippen molar-refractivity contribution in [3.63, 3.8) is 0 Å². The van der Waals surface area contributed by atoms with Gasteiger partial charge in [0, 0.05) is 20.2 Å². The van der Waals surface area contributed by atoms with E-state index in [9.17, 15) is 4.79 Å². The molecule has 1 aromatic rings. The zero-order chi connectivity index (χ0) is 12.7. The van der Waals surface area contributed by atoms with Crippen LogP contribution >= 0.6 is 0 Å². The Morgan fingerprint density at radius 3 is 2.72 bits per heavy atom. The minimum Gasteiger partial charge on any atom is -0.453 e. The summed E-state index contributed by atoms with van der Waals surface area (Å²) >= 11 is 0. The SMILES string of the molecule is CN(C)c1cc2nc3ccccc3oc-2cc1=O. The van der Waals surface area contributed by atoms with E-state index in [-0.39, 0.29) is 5.43 Å². The molecule has 2 aliphatic rings. The van der Waals surface area contributed by atoms with Crippen molar-refractivity contribution in [3.8, 4) is 11.5 Å². The zero-order valence-corrected chi connectivity index (χ0v) is 10.2. The fourth-order valence-electron chi connectivity index (χ4n) is 1.94. The highest BCUT2D eigenvalue weighted by Gasteiger charge is 2.13. The minimum atomic E-state index is -0.0617. The Kier molecular flexibility index (Phi) is 2.30. The molecule has 0 saturated carbocycles. The van der Waals surface area contributed by atoms with Crippen LogP contribution in [-0.2, 0) is 0 Å². The summed E-state index contributed by atoms with van der Waals surface area (Å²) in [7, 11) is 3.67. The van der Waals surface area contributed by atoms with Crippen LogP contribution in [0.4, 0.5) is 5.69 Å². The lowest BCUT2D eigenvalue weighted by Crippen LogP contribution is -2.18. The largest absolute Gasteiger partial charge is 0.453 e. The van der Waals surface area contributed by atoms with Crippen LogP contribution in [-0.4, -0.2) is 19.1 Å². The van der Waals surface area contributed by atoms with E-state index in [0.717, 1.165) is 5.52 Å². The van der Waals surface area contributed by atoms with Gasteiger partial charge >= 0.3 is 0 Å². The lowest BCUT2D eigenvalue weighted by Gasteiger charge is -2.13. The molecular formula is C14H12N2O2. The highest BCUT2D eigenvalue weighted by Crippen LogP contribution is 2.25. The van der Waals surface area contributed by atoms with E-state index in [4.69, 9.17) is 4.42 Å². The second-order valence-electron chi connectivity index (χ2n) is 4.36. The lowest BCUT2D eigenvalue weighted by atomic mass is 10.2. The zero-order valence-electron chi connectivity index (χ0n) is 10.2. The number of para-hydroxylation sites is 2. The standard InChI is InChI=1S/C14H12N2O2/c1-16(2)11-7-10-14(8-12(11)17)18-13-6-4-3-5-9(13)15-10/h3-8H,1-2H3. The van der Waals surface area contributed by atoms with Crippen molar-refractivity contribution >= 4 is 16.8 Å². The Morgan fingerprint density at radius 2 is 1.94 bits per heavy atom. The van der Waals surface area contributed by atoms with Crippen molar-refractivity contribution in [1.82, 2.24) is 4.98 Å². The van der Waals surface area contributed by atoms with E-state index < -0.39 is 0 Å². The first kappa shape index (κ1) is 10.8. The van der Waals surface area contributed by atoms with Crippen LogP contribution in [0.3, 0.4) is 0 Å². The Bertz CT molecular complexity index is 746. The average Bonchev–Trinajstić information content (AvgIpc) is 2.35. The molecule has 90 valence electrons. The van der Waals surface area contributed by atoms with Crippen LogP contribution in [0.25, 0.3) is 22.6 Å². The summed E-state index contributed by atoms with van der Waals surface area (Å²) in [4.78, 5) is 18.2. The van der Waals surface area contributed by atoms with Gasteiger partial charge in [0.25, 0.3) is 0 Å². The smallest absolute Gasteiger partial charge is 0.205 e. The maximum Gasteiger partial charge on any atom is 0.205 e. The molecule has 1 aliphatic carbocycles. The number of nitrogens with zero attached hydrogens (tertiary/aromatic N) is 2. The summed E-state index contributed by atoms with van der Waals surface area (Å²) < 4.78 is 5.68. The first-order valence-corrected chi connectivity index (χ1v) is 5.66. The highest BCUT2D eigenvalue weighted by molar-refractivity contribution is 5.77. The summed E-state index contributed by atoms with van der Waals surface area (Å²) in [5, 5.41) is 0. The van der Waals surface area contributed by atoms with Crippen molar-refractivity contribution in [2.75, 3.05) is 19.0 Å². The van der Waals surface area contributed by atoms with E-state index >= 15 is 0 Å². The monoisotopic (exact) mass is 240 g/mol. The van der Waals surface area contributed by atoms with Gasteiger partial charge in [0.05, 0.1) is 5.69 Å². The molecule has 18 heavy (non-hydrogen) atoms. The number of anilines is 1. The molecule has 3 rings (SSSR count). The molecule has 0 saturated heterocycles. The van der Waals surface area contributed by atoms with Crippen LogP contribution in [0.15, 0.2) is 45.6 Å². The minimum absolute atomic E-state index is 0.0617. The topological polar surface area (TPSA) is 46.3 Å². The van der Waals surface area contributed by atoms with Crippen LogP contribution in [0.2, 0.25) is 0 Å². The van der Waals surface area contributed by atoms with Gasteiger partial charge in [0.1, 0.15) is 11.2 Å². The lowest BCUT2D eigenvalue weighted by molar-refractivity contribution is 0.612. The molecule has 0 atom stereocenters. The first-order valence-electron chi connectivity index (χ1n) is 5.66. The van der Waals surface area contributed by atoms with Gasteiger partial charge in [-0.05, 0) is 18.2 Å². The van der Waals surface area contributed by atoms with Gasteiger partial charge in [-0.1, -0.05) is 12.1 Å². The molecule has 0 fully saturated rings. The molecule has 4 heteroatoms. The van der Waals surface area contributed by atoms with Crippen LogP contribution in [0, 0.1) is 0 Å². The van der Waals surface area contributed by atoms with E-state index in [1.54, 1.807) is 11.0 Å². The molecule has 4 nitrogen and oxygen atoms in total. The molecule has 1 aliphatic heterocycles. The third-order valence-corrected chi connectivity index (χ3v) is 2.85. The number of hydrogen-bond donors (Lipinski definition) is 0. The fraction of sp³-hybridized carbons (Fsp3) is 0.143. The molecule has 1 heterocycles. The summed E-state index contributed by atoms with van der Waals surface area (Å²) in [5.41, 5.74) is 2.71. The first-order chi connectivity index (χ1) is 8.65. The van der Waals surface area contributed by atoms with E-state index in [1.165, 1.54) is 6.07 Å². The van der Waals surface area contributed by atoms with Gasteiger partial charge in [-0.15, -0.1) is 0 Å². The molecule has 0 unspecified atom stereocenters. The second-order valence-corrected chi connectivity index (χ2v) is 4.36. The third kappa shape index (κ3) is 1.62. The average molecular weight is 240 g/mol. The third-order valence-electron chi connectivity index (χ3n) is 2.85. The predicted molar refractivity (Wildman–Crippen MR) is 71.2 cm³/mol. The fourth-order valence-corrected chi connectivity index (χ4v) is 1.94. The van der Waals surface area contributed by atoms with E-state index in [1.807, 2.05) is 38.4 Å². The van der Waals surface area contributed by atoms with Crippen LogP contribution < -0.4 is 10.3 Å². The molecule has 0 amide bonds. The Balaban J connectivity index is 2.38. The van der Waals surface area contributed by atoms with Crippen molar-refractivity contribution < 1.29 is 4.42 Å². The molecular weight excluding hydrogens is 228 g/mol. The van der Waals surface area contributed by atoms with Crippen LogP contribution in [0.1, 0.15) is 0 Å². The molecule has 0 bridgehead atoms. The number of aromatic nitrogens is 1. The van der Waals surface area contributed by atoms with Crippen molar-refractivity contribution in [2.45, 2.75) is 0 Å². The normalized spacial score (nSPS) is 11.0. The molecule has 1 aromatic carbocycles. The van der Waals surface area contributed by atoms with Gasteiger partial charge in [0.15, 0.2) is 11.3 Å². The maximum atomic E-state index is 11.9. The van der Waals surface area contributed by atoms with Gasteiger partial charge in [0.2, 0.25) is 5.43 Å². The number of benzene rings is 2. The van der Waals surface area contributed by atoms with Gasteiger partial charge in [-0.3, -0.25) is 4.79 Å². The Hall–Kier alpha value is -2.36. The van der Waals surface area contributed by atoms with Crippen LogP contribution in [0.5, 0.6) is 0 Å². The maximum absolute atomic E-state index is 11.9. The molecule has 0 radical (unpaired) electrons. The number of fused-ring (bicyclic) bond motifs is 2. The van der Waals surface area contributed by atoms with E-state index in [2.05, 4.69) is 4.98 Å². The summed E-state index contributed by atoms with van der Waals surface area (Å²) in [6.07, 6.45) is 0. The number of hydrogen-bond acceptors (Lipinski definition) is 4. The molecule has 0 N–H and O–H groups in total. The quantitative estimate of drug-likeness (QED) is 0.612. The number of rotatable bonds is 1. The van der Waals surface area contributed by atoms with Gasteiger partial charge in [-0.25, -0.2) is 4.98 Å². The second kappa shape index (κ2) is 3.84.